The van der Waals surface area contributed by atoms with Crippen LogP contribution in [0.25, 0.3) is 5.57 Å². The number of benzene rings is 2. The number of allylic oxidation sites excluding steroid dienone is 1. The molecule has 0 spiro atoms. The van der Waals surface area contributed by atoms with Gasteiger partial charge in [0.25, 0.3) is 11.8 Å². The zero-order chi connectivity index (χ0) is 27.9. The summed E-state index contributed by atoms with van der Waals surface area (Å²) in [5.41, 5.74) is 4.20. The Morgan fingerprint density at radius 3 is 2.33 bits per heavy atom. The molecule has 0 atom stereocenters. The van der Waals surface area contributed by atoms with Crippen LogP contribution in [0, 0.1) is 5.41 Å². The first-order chi connectivity index (χ1) is 18.8. The van der Waals surface area contributed by atoms with E-state index in [1.165, 1.54) is 19.5 Å². The normalized spacial score (nSPS) is 13.5. The summed E-state index contributed by atoms with van der Waals surface area (Å²) in [6.07, 6.45) is 4.62. The Hall–Kier alpha value is -4.66. The number of pyridine rings is 1. The lowest BCUT2D eigenvalue weighted by atomic mass is 9.89. The molecule has 4 N–H and O–H groups in total. The summed E-state index contributed by atoms with van der Waals surface area (Å²) < 4.78 is 5.42. The van der Waals surface area contributed by atoms with Gasteiger partial charge in [-0.15, -0.1) is 0 Å². The number of likely N-dealkylation sites (tertiary alicyclic amines) is 1. The third-order valence-electron chi connectivity index (χ3n) is 6.50. The molecule has 4 rings (SSSR count). The van der Waals surface area contributed by atoms with E-state index < -0.39 is 0 Å². The van der Waals surface area contributed by atoms with E-state index in [9.17, 15) is 9.59 Å². The Morgan fingerprint density at radius 2 is 1.74 bits per heavy atom. The van der Waals surface area contributed by atoms with Crippen LogP contribution in [0.1, 0.15) is 51.6 Å². The molecule has 2 heterocycles. The molecule has 2 aromatic carbocycles. The number of anilines is 2. The van der Waals surface area contributed by atoms with Crippen LogP contribution < -0.4 is 20.7 Å². The van der Waals surface area contributed by atoms with Crippen LogP contribution in [-0.4, -0.2) is 61.2 Å². The average molecular weight is 527 g/mol. The highest BCUT2D eigenvalue weighted by atomic mass is 16.5. The van der Waals surface area contributed by atoms with Gasteiger partial charge in [0.15, 0.2) is 0 Å². The van der Waals surface area contributed by atoms with E-state index in [0.29, 0.717) is 41.5 Å². The van der Waals surface area contributed by atoms with Gasteiger partial charge in [-0.05, 0) is 55.3 Å². The summed E-state index contributed by atoms with van der Waals surface area (Å²) in [6, 6.07) is 16.8. The summed E-state index contributed by atoms with van der Waals surface area (Å²) in [7, 11) is 3.32. The lowest BCUT2D eigenvalue weighted by Crippen LogP contribution is -2.48. The third kappa shape index (κ3) is 6.43. The number of hydrogen-bond acceptors (Lipinski definition) is 7. The molecule has 1 saturated heterocycles. The molecule has 39 heavy (non-hydrogen) atoms. The lowest BCUT2D eigenvalue weighted by molar-refractivity contribution is 0.0602. The first-order valence-corrected chi connectivity index (χ1v) is 12.8. The molecular weight excluding hydrogens is 492 g/mol. The van der Waals surface area contributed by atoms with E-state index in [0.717, 1.165) is 16.7 Å². The number of ether oxygens (including phenoxy) is 1. The number of nitrogens with one attached hydrogen (secondary N) is 4. The van der Waals surface area contributed by atoms with E-state index in [-0.39, 0.29) is 23.8 Å². The standard InChI is InChI=1S/C30H34N6O3/c1-19(2)34-28-12-10-23(16-33-28)29(37)35-26-13-22(9-11-27(26)39-4)30(38)36-17-25(18-36)21-7-5-20(6-8-21)24(14-31)15-32-3/h5-16,19,25,31-32H,17-18H2,1-4H3,(H,33,34)(H,35,37)/b24-15+,31-14?. The van der Waals surface area contributed by atoms with Crippen molar-refractivity contribution in [3.8, 4) is 5.75 Å². The highest BCUT2D eigenvalue weighted by molar-refractivity contribution is 6.08. The average Bonchev–Trinajstić information content (AvgIpc) is 2.91. The molecule has 1 fully saturated rings. The maximum absolute atomic E-state index is 13.2. The van der Waals surface area contributed by atoms with E-state index in [4.69, 9.17) is 10.1 Å². The molecule has 0 saturated carbocycles. The lowest BCUT2D eigenvalue weighted by Gasteiger charge is -2.39. The summed E-state index contributed by atoms with van der Waals surface area (Å²) in [5.74, 6) is 0.957. The molecule has 202 valence electrons. The van der Waals surface area contributed by atoms with Gasteiger partial charge in [0.2, 0.25) is 0 Å². The summed E-state index contributed by atoms with van der Waals surface area (Å²) in [6.45, 7) is 5.25. The number of amides is 2. The first kappa shape index (κ1) is 27.4. The zero-order valence-electron chi connectivity index (χ0n) is 22.6. The molecule has 3 aromatic rings. The fourth-order valence-electron chi connectivity index (χ4n) is 4.39. The molecule has 0 unspecified atom stereocenters. The van der Waals surface area contributed by atoms with Crippen molar-refractivity contribution in [1.29, 1.82) is 5.41 Å². The van der Waals surface area contributed by atoms with E-state index in [1.807, 2.05) is 26.0 Å². The van der Waals surface area contributed by atoms with E-state index in [1.54, 1.807) is 48.5 Å². The quantitative estimate of drug-likeness (QED) is 0.287. The van der Waals surface area contributed by atoms with Crippen molar-refractivity contribution in [2.24, 2.45) is 0 Å². The molecule has 0 aliphatic carbocycles. The molecule has 2 amide bonds. The minimum atomic E-state index is -0.343. The molecule has 0 bridgehead atoms. The number of methoxy groups -OCH3 is 1. The first-order valence-electron chi connectivity index (χ1n) is 12.8. The molecule has 0 radical (unpaired) electrons. The Morgan fingerprint density at radius 1 is 1.05 bits per heavy atom. The van der Waals surface area contributed by atoms with Gasteiger partial charge in [0.1, 0.15) is 11.6 Å². The number of rotatable bonds is 10. The van der Waals surface area contributed by atoms with Crippen molar-refractivity contribution in [3.63, 3.8) is 0 Å². The number of aromatic nitrogens is 1. The van der Waals surface area contributed by atoms with Crippen LogP contribution in [0.15, 0.2) is 67.0 Å². The Balaban J connectivity index is 1.41. The second-order valence-electron chi connectivity index (χ2n) is 9.66. The van der Waals surface area contributed by atoms with Crippen LogP contribution in [0.2, 0.25) is 0 Å². The van der Waals surface area contributed by atoms with Gasteiger partial charge < -0.3 is 31.0 Å². The molecule has 9 heteroatoms. The van der Waals surface area contributed by atoms with Gasteiger partial charge in [-0.1, -0.05) is 24.3 Å². The van der Waals surface area contributed by atoms with Crippen molar-refractivity contribution in [1.82, 2.24) is 15.2 Å². The van der Waals surface area contributed by atoms with Gasteiger partial charge in [0, 0.05) is 61.8 Å². The number of nitrogens with zero attached hydrogens (tertiary/aromatic N) is 2. The molecule has 9 nitrogen and oxygen atoms in total. The Bertz CT molecular complexity index is 1360. The van der Waals surface area contributed by atoms with E-state index >= 15 is 0 Å². The zero-order valence-corrected chi connectivity index (χ0v) is 22.6. The summed E-state index contributed by atoms with van der Waals surface area (Å²) >= 11 is 0. The highest BCUT2D eigenvalue weighted by Crippen LogP contribution is 2.31. The second kappa shape index (κ2) is 12.3. The van der Waals surface area contributed by atoms with Gasteiger partial charge in [0.05, 0.1) is 18.4 Å². The molecule has 1 aromatic heterocycles. The van der Waals surface area contributed by atoms with Crippen LogP contribution in [0.3, 0.4) is 0 Å². The monoisotopic (exact) mass is 526 g/mol. The Kier molecular flexibility index (Phi) is 8.60. The van der Waals surface area contributed by atoms with Gasteiger partial charge in [-0.25, -0.2) is 4.98 Å². The van der Waals surface area contributed by atoms with Crippen molar-refractivity contribution >= 4 is 35.1 Å². The summed E-state index contributed by atoms with van der Waals surface area (Å²) in [4.78, 5) is 32.2. The van der Waals surface area contributed by atoms with Crippen LogP contribution >= 0.6 is 0 Å². The minimum Gasteiger partial charge on any atom is -0.495 e. The number of carbonyl (C=O) groups is 2. The Labute approximate surface area is 228 Å². The largest absolute Gasteiger partial charge is 0.495 e. The van der Waals surface area contributed by atoms with Crippen molar-refractivity contribution in [2.45, 2.75) is 25.8 Å². The van der Waals surface area contributed by atoms with Gasteiger partial charge in [-0.2, -0.15) is 0 Å². The topological polar surface area (TPSA) is 119 Å². The van der Waals surface area contributed by atoms with E-state index in [2.05, 4.69) is 33.1 Å². The van der Waals surface area contributed by atoms with Crippen molar-refractivity contribution in [3.05, 3.63) is 89.2 Å². The fourth-order valence-corrected chi connectivity index (χ4v) is 4.39. The molecule has 1 aliphatic heterocycles. The molecular formula is C30H34N6O3. The number of carbonyl (C=O) groups excluding carboxylic acids is 2. The SMILES string of the molecule is CN/C=C(\C=N)c1ccc(C2CN(C(=O)c3ccc(OC)c(NC(=O)c4ccc(NC(C)C)nc4)c3)C2)cc1. The predicted octanol–water partition coefficient (Wildman–Crippen LogP) is 4.61. The highest BCUT2D eigenvalue weighted by Gasteiger charge is 2.32. The van der Waals surface area contributed by atoms with Gasteiger partial charge >= 0.3 is 0 Å². The van der Waals surface area contributed by atoms with Crippen molar-refractivity contribution in [2.75, 3.05) is 37.9 Å². The number of hydrogen-bond donors (Lipinski definition) is 4. The maximum atomic E-state index is 13.2. The minimum absolute atomic E-state index is 0.102. The summed E-state index contributed by atoms with van der Waals surface area (Å²) in [5, 5.41) is 16.6. The fraction of sp³-hybridized carbons (Fsp3) is 0.267. The van der Waals surface area contributed by atoms with Gasteiger partial charge in [-0.3, -0.25) is 9.59 Å². The predicted molar refractivity (Wildman–Crippen MR) is 155 cm³/mol. The van der Waals surface area contributed by atoms with Crippen molar-refractivity contribution < 1.29 is 14.3 Å². The smallest absolute Gasteiger partial charge is 0.257 e. The van der Waals surface area contributed by atoms with Crippen LogP contribution in [0.4, 0.5) is 11.5 Å². The van der Waals surface area contributed by atoms with Crippen LogP contribution in [0.5, 0.6) is 5.75 Å². The maximum Gasteiger partial charge on any atom is 0.257 e. The second-order valence-corrected chi connectivity index (χ2v) is 9.66. The van der Waals surface area contributed by atoms with Crippen LogP contribution in [-0.2, 0) is 0 Å². The third-order valence-corrected chi connectivity index (χ3v) is 6.50. The molecule has 1 aliphatic rings.